The molecule has 0 N–H and O–H groups in total. The Morgan fingerprint density at radius 3 is 3.00 bits per heavy atom. The molecular formula is C10H14N2O. The average Bonchev–Trinajstić information content (AvgIpc) is 2.48. The second kappa shape index (κ2) is 4.60. The Balaban J connectivity index is 2.76. The lowest BCUT2D eigenvalue weighted by Gasteiger charge is -2.06. The fourth-order valence-electron chi connectivity index (χ4n) is 1.12. The van der Waals surface area contributed by atoms with Crippen molar-refractivity contribution in [1.29, 1.82) is 0 Å². The standard InChI is InChI=1S/C10H14N2O/c1-9(2)8-12-10(4-3-7-13)5-6-11-12/h3-7,9H,8H2,1-2H3/b4-3+. The zero-order chi connectivity index (χ0) is 9.68. The van der Waals surface area contributed by atoms with Crippen molar-refractivity contribution < 1.29 is 4.79 Å². The molecule has 1 heterocycles. The summed E-state index contributed by atoms with van der Waals surface area (Å²) in [5, 5.41) is 4.16. The topological polar surface area (TPSA) is 34.9 Å². The van der Waals surface area contributed by atoms with Crippen molar-refractivity contribution in [2.75, 3.05) is 0 Å². The van der Waals surface area contributed by atoms with Crippen LogP contribution in [0.4, 0.5) is 0 Å². The van der Waals surface area contributed by atoms with Crippen molar-refractivity contribution in [3.05, 3.63) is 24.0 Å². The summed E-state index contributed by atoms with van der Waals surface area (Å²) in [7, 11) is 0. The van der Waals surface area contributed by atoms with E-state index in [0.29, 0.717) is 5.92 Å². The number of allylic oxidation sites excluding steroid dienone is 1. The Labute approximate surface area is 78.1 Å². The first-order valence-corrected chi connectivity index (χ1v) is 4.37. The van der Waals surface area contributed by atoms with Crippen LogP contribution in [0.2, 0.25) is 0 Å². The van der Waals surface area contributed by atoms with E-state index in [0.717, 1.165) is 18.5 Å². The zero-order valence-corrected chi connectivity index (χ0v) is 7.97. The van der Waals surface area contributed by atoms with Crippen molar-refractivity contribution in [3.63, 3.8) is 0 Å². The second-order valence-electron chi connectivity index (χ2n) is 3.33. The van der Waals surface area contributed by atoms with Crippen LogP contribution in [0.1, 0.15) is 19.5 Å². The molecule has 0 amide bonds. The highest BCUT2D eigenvalue weighted by atomic mass is 16.1. The van der Waals surface area contributed by atoms with E-state index in [1.165, 1.54) is 6.08 Å². The van der Waals surface area contributed by atoms with Gasteiger partial charge in [0, 0.05) is 12.7 Å². The molecule has 1 rings (SSSR count). The number of aromatic nitrogens is 2. The maximum Gasteiger partial charge on any atom is 0.142 e. The predicted molar refractivity (Wildman–Crippen MR) is 52.2 cm³/mol. The van der Waals surface area contributed by atoms with Crippen molar-refractivity contribution in [1.82, 2.24) is 9.78 Å². The van der Waals surface area contributed by atoms with Crippen LogP contribution in [0.3, 0.4) is 0 Å². The van der Waals surface area contributed by atoms with E-state index in [2.05, 4.69) is 18.9 Å². The molecule has 70 valence electrons. The first-order chi connectivity index (χ1) is 6.24. The SMILES string of the molecule is CC(C)Cn1nccc1/C=C/C=O. The van der Waals surface area contributed by atoms with Gasteiger partial charge in [-0.15, -0.1) is 0 Å². The highest BCUT2D eigenvalue weighted by Crippen LogP contribution is 2.05. The minimum Gasteiger partial charge on any atom is -0.299 e. The van der Waals surface area contributed by atoms with Crippen LogP contribution in [0, 0.1) is 5.92 Å². The monoisotopic (exact) mass is 178 g/mol. The summed E-state index contributed by atoms with van der Waals surface area (Å²) in [5.74, 6) is 0.559. The van der Waals surface area contributed by atoms with Crippen LogP contribution in [0.15, 0.2) is 18.3 Å². The molecule has 1 aromatic rings. The smallest absolute Gasteiger partial charge is 0.142 e. The molecule has 0 radical (unpaired) electrons. The third-order valence-electron chi connectivity index (χ3n) is 1.63. The van der Waals surface area contributed by atoms with Gasteiger partial charge in [0.1, 0.15) is 6.29 Å². The van der Waals surface area contributed by atoms with Gasteiger partial charge in [0.15, 0.2) is 0 Å². The van der Waals surface area contributed by atoms with Gasteiger partial charge in [-0.1, -0.05) is 13.8 Å². The van der Waals surface area contributed by atoms with Gasteiger partial charge in [0.25, 0.3) is 0 Å². The molecule has 0 fully saturated rings. The molecule has 0 saturated heterocycles. The van der Waals surface area contributed by atoms with Gasteiger partial charge in [-0.25, -0.2) is 0 Å². The van der Waals surface area contributed by atoms with Gasteiger partial charge in [-0.3, -0.25) is 9.48 Å². The molecule has 0 saturated carbocycles. The quantitative estimate of drug-likeness (QED) is 0.520. The molecule has 0 aromatic carbocycles. The zero-order valence-electron chi connectivity index (χ0n) is 7.97. The van der Waals surface area contributed by atoms with Crippen molar-refractivity contribution in [3.8, 4) is 0 Å². The van der Waals surface area contributed by atoms with Crippen LogP contribution < -0.4 is 0 Å². The van der Waals surface area contributed by atoms with Crippen molar-refractivity contribution in [2.45, 2.75) is 20.4 Å². The fourth-order valence-corrected chi connectivity index (χ4v) is 1.12. The van der Waals surface area contributed by atoms with Crippen LogP contribution in [0.25, 0.3) is 6.08 Å². The van der Waals surface area contributed by atoms with Gasteiger partial charge in [-0.05, 0) is 24.1 Å². The number of carbonyl (C=O) groups is 1. The molecule has 0 unspecified atom stereocenters. The van der Waals surface area contributed by atoms with Crippen LogP contribution in [-0.2, 0) is 11.3 Å². The molecular weight excluding hydrogens is 164 g/mol. The molecule has 3 heteroatoms. The first kappa shape index (κ1) is 9.71. The lowest BCUT2D eigenvalue weighted by molar-refractivity contribution is -0.104. The highest BCUT2D eigenvalue weighted by Gasteiger charge is 2.00. The number of nitrogens with zero attached hydrogens (tertiary/aromatic N) is 2. The van der Waals surface area contributed by atoms with E-state index in [-0.39, 0.29) is 0 Å². The van der Waals surface area contributed by atoms with Gasteiger partial charge >= 0.3 is 0 Å². The molecule has 0 aliphatic rings. The molecule has 13 heavy (non-hydrogen) atoms. The number of carbonyl (C=O) groups excluding carboxylic acids is 1. The number of rotatable bonds is 4. The molecule has 0 aliphatic carbocycles. The van der Waals surface area contributed by atoms with Gasteiger partial charge < -0.3 is 0 Å². The number of aldehydes is 1. The molecule has 1 aromatic heterocycles. The van der Waals surface area contributed by atoms with Gasteiger partial charge in [0.05, 0.1) is 5.69 Å². The van der Waals surface area contributed by atoms with Crippen molar-refractivity contribution in [2.24, 2.45) is 5.92 Å². The first-order valence-electron chi connectivity index (χ1n) is 4.37. The van der Waals surface area contributed by atoms with Gasteiger partial charge in [0.2, 0.25) is 0 Å². The van der Waals surface area contributed by atoms with Gasteiger partial charge in [-0.2, -0.15) is 5.10 Å². The summed E-state index contributed by atoms with van der Waals surface area (Å²) >= 11 is 0. The third-order valence-corrected chi connectivity index (χ3v) is 1.63. The Bertz CT molecular complexity index is 300. The maximum atomic E-state index is 10.1. The number of hydrogen-bond donors (Lipinski definition) is 0. The Hall–Kier alpha value is -1.38. The molecule has 0 spiro atoms. The van der Waals surface area contributed by atoms with Crippen molar-refractivity contribution >= 4 is 12.4 Å². The predicted octanol–water partition coefficient (Wildman–Crippen LogP) is 1.75. The van der Waals surface area contributed by atoms with E-state index in [1.807, 2.05) is 10.7 Å². The molecule has 3 nitrogen and oxygen atoms in total. The number of hydrogen-bond acceptors (Lipinski definition) is 2. The van der Waals surface area contributed by atoms with E-state index in [9.17, 15) is 4.79 Å². The Kier molecular flexibility index (Phi) is 3.43. The Morgan fingerprint density at radius 2 is 2.38 bits per heavy atom. The minimum atomic E-state index is 0.559. The summed E-state index contributed by atoms with van der Waals surface area (Å²) in [6.45, 7) is 5.15. The average molecular weight is 178 g/mol. The summed E-state index contributed by atoms with van der Waals surface area (Å²) in [4.78, 5) is 10.1. The third kappa shape index (κ3) is 2.86. The normalized spacial score (nSPS) is 11.3. The molecule has 0 aliphatic heterocycles. The maximum absolute atomic E-state index is 10.1. The molecule has 0 atom stereocenters. The fraction of sp³-hybridized carbons (Fsp3) is 0.400. The highest BCUT2D eigenvalue weighted by molar-refractivity contribution is 5.72. The summed E-state index contributed by atoms with van der Waals surface area (Å²) in [6, 6.07) is 1.89. The second-order valence-corrected chi connectivity index (χ2v) is 3.33. The van der Waals surface area contributed by atoms with E-state index in [1.54, 1.807) is 12.3 Å². The summed E-state index contributed by atoms with van der Waals surface area (Å²) < 4.78 is 1.89. The lowest BCUT2D eigenvalue weighted by atomic mass is 10.2. The van der Waals surface area contributed by atoms with E-state index in [4.69, 9.17) is 0 Å². The summed E-state index contributed by atoms with van der Waals surface area (Å²) in [6.07, 6.45) is 5.76. The van der Waals surface area contributed by atoms with Crippen LogP contribution in [0.5, 0.6) is 0 Å². The lowest BCUT2D eigenvalue weighted by Crippen LogP contribution is -2.07. The van der Waals surface area contributed by atoms with Crippen LogP contribution in [-0.4, -0.2) is 16.1 Å². The van der Waals surface area contributed by atoms with E-state index >= 15 is 0 Å². The largest absolute Gasteiger partial charge is 0.299 e. The Morgan fingerprint density at radius 1 is 1.62 bits per heavy atom. The van der Waals surface area contributed by atoms with Crippen LogP contribution >= 0.6 is 0 Å². The molecule has 0 bridgehead atoms. The van der Waals surface area contributed by atoms with E-state index < -0.39 is 0 Å². The summed E-state index contributed by atoms with van der Waals surface area (Å²) in [5.41, 5.74) is 0.973. The minimum absolute atomic E-state index is 0.559.